The fourth-order valence-corrected chi connectivity index (χ4v) is 0.175. The normalized spacial score (nSPS) is 18.0. The molecule has 0 saturated carbocycles. The van der Waals surface area contributed by atoms with Crippen molar-refractivity contribution in [3.8, 4) is 0 Å². The van der Waals surface area contributed by atoms with Crippen LogP contribution in [0.25, 0.3) is 0 Å². The van der Waals surface area contributed by atoms with Crippen LogP contribution in [0.1, 0.15) is 0 Å². The molecule has 1 aliphatic rings. The second-order valence-corrected chi connectivity index (χ2v) is 0.979. The first-order chi connectivity index (χ1) is 2.80. The van der Waals surface area contributed by atoms with Crippen LogP contribution in [-0.2, 0) is 9.53 Å². The summed E-state index contributed by atoms with van der Waals surface area (Å²) in [5.74, 6) is -0.421. The summed E-state index contributed by atoms with van der Waals surface area (Å²) in [6, 6.07) is 0. The number of carbonyl (C=O) groups is 1. The lowest BCUT2D eigenvalue weighted by Crippen LogP contribution is -2.20. The Labute approximate surface area is 34.4 Å². The summed E-state index contributed by atoms with van der Waals surface area (Å²) in [5, 5.41) is 0. The molecule has 0 aliphatic carbocycles. The number of carbonyl (C=O) groups excluding carboxylic acids is 1. The van der Waals surface area contributed by atoms with E-state index in [4.69, 9.17) is 5.73 Å². The van der Waals surface area contributed by atoms with E-state index in [1.54, 1.807) is 0 Å². The molecule has 0 amide bonds. The van der Waals surface area contributed by atoms with Gasteiger partial charge in [0.15, 0.2) is 5.70 Å². The van der Waals surface area contributed by atoms with E-state index >= 15 is 0 Å². The van der Waals surface area contributed by atoms with Crippen molar-refractivity contribution in [2.24, 2.45) is 5.73 Å². The summed E-state index contributed by atoms with van der Waals surface area (Å²) in [7, 11) is 0. The highest BCUT2D eigenvalue weighted by Gasteiger charge is 2.14. The number of rotatable bonds is 0. The van der Waals surface area contributed by atoms with Crippen molar-refractivity contribution >= 4 is 5.97 Å². The fourth-order valence-electron chi connectivity index (χ4n) is 0.175. The molecule has 1 rings (SSSR count). The molecule has 32 valence electrons. The van der Waals surface area contributed by atoms with Crippen molar-refractivity contribution in [1.29, 1.82) is 0 Å². The van der Waals surface area contributed by atoms with Gasteiger partial charge in [0.2, 0.25) is 0 Å². The third kappa shape index (κ3) is 0.190. The molecule has 0 aromatic rings. The van der Waals surface area contributed by atoms with Gasteiger partial charge >= 0.3 is 5.97 Å². The van der Waals surface area contributed by atoms with Gasteiger partial charge in [-0.1, -0.05) is 0 Å². The number of nitrogens with two attached hydrogens (primary N) is 1. The maximum absolute atomic E-state index is 9.81. The maximum atomic E-state index is 9.81. The van der Waals surface area contributed by atoms with Crippen molar-refractivity contribution in [1.82, 2.24) is 0 Å². The van der Waals surface area contributed by atoms with Crippen LogP contribution in [0.4, 0.5) is 0 Å². The Bertz CT molecular complexity index is 116. The molecule has 1 aliphatic heterocycles. The zero-order chi connectivity index (χ0) is 4.57. The fraction of sp³-hybridized carbons (Fsp3) is 0. The van der Waals surface area contributed by atoms with E-state index < -0.39 is 5.97 Å². The highest BCUT2D eigenvalue weighted by Crippen LogP contribution is 2.00. The highest BCUT2D eigenvalue weighted by atomic mass is 16.5. The SMILES string of the molecule is NC1=COC1=O. The predicted octanol–water partition coefficient (Wildman–Crippen LogP) is -0.657. The van der Waals surface area contributed by atoms with Gasteiger partial charge in [0.05, 0.1) is 0 Å². The summed E-state index contributed by atoms with van der Waals surface area (Å²) in [6.07, 6.45) is 1.21. The van der Waals surface area contributed by atoms with Crippen LogP contribution >= 0.6 is 0 Å². The van der Waals surface area contributed by atoms with Gasteiger partial charge in [-0.05, 0) is 0 Å². The first-order valence-electron chi connectivity index (χ1n) is 1.47. The summed E-state index contributed by atoms with van der Waals surface area (Å²) in [4.78, 5) is 9.81. The van der Waals surface area contributed by atoms with E-state index in [1.165, 1.54) is 6.26 Å². The summed E-state index contributed by atoms with van der Waals surface area (Å²) < 4.78 is 4.12. The predicted molar refractivity (Wildman–Crippen MR) is 18.4 cm³/mol. The van der Waals surface area contributed by atoms with Gasteiger partial charge < -0.3 is 10.5 Å². The molecule has 1 heterocycles. The number of hydrogen-bond acceptors (Lipinski definition) is 3. The van der Waals surface area contributed by atoms with E-state index in [0.29, 0.717) is 0 Å². The van der Waals surface area contributed by atoms with Gasteiger partial charge in [-0.3, -0.25) is 0 Å². The molecule has 0 aromatic heterocycles. The monoisotopic (exact) mass is 85.0 g/mol. The van der Waals surface area contributed by atoms with Crippen LogP contribution in [0.3, 0.4) is 0 Å². The smallest absolute Gasteiger partial charge is 0.362 e. The molecule has 0 aromatic carbocycles. The van der Waals surface area contributed by atoms with E-state index in [2.05, 4.69) is 4.74 Å². The van der Waals surface area contributed by atoms with Crippen molar-refractivity contribution in [3.05, 3.63) is 12.0 Å². The van der Waals surface area contributed by atoms with Crippen LogP contribution in [0.2, 0.25) is 0 Å². The first-order valence-corrected chi connectivity index (χ1v) is 1.47. The summed E-state index contributed by atoms with van der Waals surface area (Å²) in [6.45, 7) is 0. The van der Waals surface area contributed by atoms with Crippen LogP contribution in [0.5, 0.6) is 0 Å². The second-order valence-electron chi connectivity index (χ2n) is 0.979. The Hall–Kier alpha value is -0.990. The molecule has 3 nitrogen and oxygen atoms in total. The minimum absolute atomic E-state index is 0.204. The first kappa shape index (κ1) is 3.21. The zero-order valence-corrected chi connectivity index (χ0v) is 2.97. The van der Waals surface area contributed by atoms with Crippen molar-refractivity contribution < 1.29 is 9.53 Å². The minimum Gasteiger partial charge on any atom is -0.427 e. The molecule has 0 saturated heterocycles. The van der Waals surface area contributed by atoms with Crippen molar-refractivity contribution in [3.63, 3.8) is 0 Å². The Morgan fingerprint density at radius 2 is 2.33 bits per heavy atom. The van der Waals surface area contributed by atoms with E-state index in [-0.39, 0.29) is 5.70 Å². The molecule has 0 radical (unpaired) electrons. The Kier molecular flexibility index (Phi) is 0.395. The molecule has 3 heteroatoms. The number of hydrogen-bond donors (Lipinski definition) is 1. The number of ether oxygens (including phenoxy) is 1. The van der Waals surface area contributed by atoms with E-state index in [1.807, 2.05) is 0 Å². The minimum atomic E-state index is -0.421. The van der Waals surface area contributed by atoms with Crippen LogP contribution in [-0.4, -0.2) is 5.97 Å². The number of esters is 1. The van der Waals surface area contributed by atoms with Gasteiger partial charge in [-0.2, -0.15) is 0 Å². The lowest BCUT2D eigenvalue weighted by molar-refractivity contribution is -0.138. The average molecular weight is 85.1 g/mol. The molecule has 0 atom stereocenters. The van der Waals surface area contributed by atoms with Gasteiger partial charge in [-0.15, -0.1) is 0 Å². The van der Waals surface area contributed by atoms with Crippen LogP contribution in [0, 0.1) is 0 Å². The molecular weight excluding hydrogens is 82.0 g/mol. The van der Waals surface area contributed by atoms with Gasteiger partial charge in [-0.25, -0.2) is 4.79 Å². The van der Waals surface area contributed by atoms with Crippen molar-refractivity contribution in [2.75, 3.05) is 0 Å². The maximum Gasteiger partial charge on any atom is 0.362 e. The third-order valence-electron chi connectivity index (χ3n) is 0.529. The largest absolute Gasteiger partial charge is 0.427 e. The molecule has 0 spiro atoms. The Morgan fingerprint density at radius 1 is 1.83 bits per heavy atom. The zero-order valence-electron chi connectivity index (χ0n) is 2.97. The Balaban J connectivity index is 2.75. The summed E-state index contributed by atoms with van der Waals surface area (Å²) >= 11 is 0. The van der Waals surface area contributed by atoms with Gasteiger partial charge in [0, 0.05) is 0 Å². The molecule has 6 heavy (non-hydrogen) atoms. The molecule has 2 N–H and O–H groups in total. The van der Waals surface area contributed by atoms with Crippen molar-refractivity contribution in [2.45, 2.75) is 0 Å². The molecule has 0 bridgehead atoms. The second kappa shape index (κ2) is 0.739. The number of cyclic esters (lactones) is 1. The molecule has 0 fully saturated rings. The average Bonchev–Trinajstić information content (AvgIpc) is 1.61. The lowest BCUT2D eigenvalue weighted by Gasteiger charge is -2.05. The van der Waals surface area contributed by atoms with Crippen LogP contribution < -0.4 is 5.73 Å². The molecular formula is C3H3NO2. The van der Waals surface area contributed by atoms with E-state index in [9.17, 15) is 4.79 Å². The van der Waals surface area contributed by atoms with E-state index in [0.717, 1.165) is 0 Å². The Morgan fingerprint density at radius 3 is 2.33 bits per heavy atom. The topological polar surface area (TPSA) is 52.3 Å². The highest BCUT2D eigenvalue weighted by molar-refractivity contribution is 5.92. The standard InChI is InChI=1S/C3H3NO2/c4-2-1-6-3(2)5/h1H,4H2. The van der Waals surface area contributed by atoms with Crippen LogP contribution in [0.15, 0.2) is 12.0 Å². The van der Waals surface area contributed by atoms with Gasteiger partial charge in [0.25, 0.3) is 0 Å². The quantitative estimate of drug-likeness (QED) is 0.397. The lowest BCUT2D eigenvalue weighted by atomic mass is 10.4. The summed E-state index contributed by atoms with van der Waals surface area (Å²) in [5.41, 5.74) is 5.11. The molecule has 0 unspecified atom stereocenters. The van der Waals surface area contributed by atoms with Gasteiger partial charge in [0.1, 0.15) is 6.26 Å². The third-order valence-corrected chi connectivity index (χ3v) is 0.529.